The molecule has 0 heterocycles. The van der Waals surface area contributed by atoms with Gasteiger partial charge >= 0.3 is 5.97 Å². The summed E-state index contributed by atoms with van der Waals surface area (Å²) in [5.41, 5.74) is 2.24. The number of benzene rings is 2. The van der Waals surface area contributed by atoms with Crippen LogP contribution in [0, 0.1) is 0 Å². The van der Waals surface area contributed by atoms with Crippen LogP contribution in [0.3, 0.4) is 0 Å². The standard InChI is InChI=1S/C19H21NO4/c1-24-17-8-5-14(6-9-17)7-10-18(21)20-12-11-15-3-2-4-16(13-15)19(22)23/h2-6,8-9,13H,7,10-12H2,1H3,(H,20,21)(H,22,23). The number of nitrogens with one attached hydrogen (secondary N) is 1. The molecule has 2 rings (SSSR count). The Balaban J connectivity index is 1.73. The van der Waals surface area contributed by atoms with E-state index >= 15 is 0 Å². The lowest BCUT2D eigenvalue weighted by Crippen LogP contribution is -2.25. The first-order valence-electron chi connectivity index (χ1n) is 7.80. The Morgan fingerprint density at radius 3 is 2.46 bits per heavy atom. The van der Waals surface area contributed by atoms with Gasteiger partial charge in [0.2, 0.25) is 5.91 Å². The normalized spacial score (nSPS) is 10.2. The van der Waals surface area contributed by atoms with Crippen LogP contribution in [0.25, 0.3) is 0 Å². The maximum absolute atomic E-state index is 11.9. The molecule has 0 fully saturated rings. The molecule has 0 aliphatic rings. The fourth-order valence-corrected chi connectivity index (χ4v) is 2.34. The monoisotopic (exact) mass is 327 g/mol. The molecule has 0 aromatic heterocycles. The van der Waals surface area contributed by atoms with Crippen molar-refractivity contribution in [3.05, 3.63) is 65.2 Å². The largest absolute Gasteiger partial charge is 0.497 e. The van der Waals surface area contributed by atoms with Crippen LogP contribution < -0.4 is 10.1 Å². The number of carbonyl (C=O) groups excluding carboxylic acids is 1. The van der Waals surface area contributed by atoms with E-state index in [0.717, 1.165) is 16.9 Å². The van der Waals surface area contributed by atoms with E-state index in [1.54, 1.807) is 25.3 Å². The van der Waals surface area contributed by atoms with E-state index in [4.69, 9.17) is 9.84 Å². The van der Waals surface area contributed by atoms with Crippen LogP contribution in [0.4, 0.5) is 0 Å². The summed E-state index contributed by atoms with van der Waals surface area (Å²) in [6, 6.07) is 14.4. The smallest absolute Gasteiger partial charge is 0.335 e. The molecule has 0 saturated carbocycles. The molecule has 0 saturated heterocycles. The van der Waals surface area contributed by atoms with E-state index in [1.807, 2.05) is 30.3 Å². The highest BCUT2D eigenvalue weighted by atomic mass is 16.5. The molecule has 0 atom stereocenters. The maximum Gasteiger partial charge on any atom is 0.335 e. The molecule has 5 heteroatoms. The van der Waals surface area contributed by atoms with Crippen molar-refractivity contribution in [2.45, 2.75) is 19.3 Å². The molecule has 126 valence electrons. The third-order valence-electron chi connectivity index (χ3n) is 3.71. The number of rotatable bonds is 8. The van der Waals surface area contributed by atoms with Crippen LogP contribution in [0.2, 0.25) is 0 Å². The van der Waals surface area contributed by atoms with E-state index < -0.39 is 5.97 Å². The van der Waals surface area contributed by atoms with Crippen LogP contribution in [0.1, 0.15) is 27.9 Å². The van der Waals surface area contributed by atoms with Crippen molar-refractivity contribution >= 4 is 11.9 Å². The minimum absolute atomic E-state index is 0.0137. The molecule has 1 amide bonds. The SMILES string of the molecule is COc1ccc(CCC(=O)NCCc2cccc(C(=O)O)c2)cc1. The number of hydrogen-bond donors (Lipinski definition) is 2. The number of ether oxygens (including phenoxy) is 1. The van der Waals surface area contributed by atoms with Crippen molar-refractivity contribution < 1.29 is 19.4 Å². The lowest BCUT2D eigenvalue weighted by Gasteiger charge is -2.07. The van der Waals surface area contributed by atoms with E-state index in [-0.39, 0.29) is 11.5 Å². The van der Waals surface area contributed by atoms with E-state index in [0.29, 0.717) is 25.8 Å². The van der Waals surface area contributed by atoms with Crippen LogP contribution in [0.5, 0.6) is 5.75 Å². The summed E-state index contributed by atoms with van der Waals surface area (Å²) in [6.07, 6.45) is 1.70. The molecule has 0 unspecified atom stereocenters. The maximum atomic E-state index is 11.9. The molecule has 0 spiro atoms. The number of methoxy groups -OCH3 is 1. The first-order chi connectivity index (χ1) is 11.6. The summed E-state index contributed by atoms with van der Waals surface area (Å²) in [6.45, 7) is 0.491. The van der Waals surface area contributed by atoms with Gasteiger partial charge in [-0.2, -0.15) is 0 Å². The second-order valence-electron chi connectivity index (χ2n) is 5.45. The third kappa shape index (κ3) is 5.43. The Morgan fingerprint density at radius 1 is 1.04 bits per heavy atom. The lowest BCUT2D eigenvalue weighted by molar-refractivity contribution is -0.121. The van der Waals surface area contributed by atoms with Crippen molar-refractivity contribution in [1.29, 1.82) is 0 Å². The number of hydrogen-bond acceptors (Lipinski definition) is 3. The molecule has 0 radical (unpaired) electrons. The third-order valence-corrected chi connectivity index (χ3v) is 3.71. The fourth-order valence-electron chi connectivity index (χ4n) is 2.34. The zero-order valence-electron chi connectivity index (χ0n) is 13.6. The van der Waals surface area contributed by atoms with Crippen LogP contribution >= 0.6 is 0 Å². The van der Waals surface area contributed by atoms with Crippen molar-refractivity contribution in [3.63, 3.8) is 0 Å². The van der Waals surface area contributed by atoms with E-state index in [9.17, 15) is 9.59 Å². The van der Waals surface area contributed by atoms with Gasteiger partial charge in [-0.05, 0) is 48.2 Å². The summed E-state index contributed by atoms with van der Waals surface area (Å²) in [7, 11) is 1.62. The molecule has 0 aliphatic carbocycles. The predicted octanol–water partition coefficient (Wildman–Crippen LogP) is 2.68. The molecule has 5 nitrogen and oxygen atoms in total. The van der Waals surface area contributed by atoms with Crippen molar-refractivity contribution in [3.8, 4) is 5.75 Å². The van der Waals surface area contributed by atoms with Crippen molar-refractivity contribution in [2.24, 2.45) is 0 Å². The molecule has 2 aromatic carbocycles. The highest BCUT2D eigenvalue weighted by Gasteiger charge is 2.05. The number of carboxylic acid groups (broad SMARTS) is 1. The van der Waals surface area contributed by atoms with E-state index in [1.165, 1.54) is 0 Å². The summed E-state index contributed by atoms with van der Waals surface area (Å²) in [5, 5.41) is 11.8. The van der Waals surface area contributed by atoms with Crippen molar-refractivity contribution in [2.75, 3.05) is 13.7 Å². The zero-order valence-corrected chi connectivity index (χ0v) is 13.6. The van der Waals surface area contributed by atoms with Gasteiger partial charge in [-0.3, -0.25) is 4.79 Å². The van der Waals surface area contributed by atoms with Gasteiger partial charge in [0.25, 0.3) is 0 Å². The second-order valence-corrected chi connectivity index (χ2v) is 5.45. The van der Waals surface area contributed by atoms with Gasteiger partial charge in [0.1, 0.15) is 5.75 Å². The Labute approximate surface area is 141 Å². The summed E-state index contributed by atoms with van der Waals surface area (Å²) >= 11 is 0. The Hall–Kier alpha value is -2.82. The quantitative estimate of drug-likeness (QED) is 0.781. The molecule has 24 heavy (non-hydrogen) atoms. The molecular weight excluding hydrogens is 306 g/mol. The van der Waals surface area contributed by atoms with Gasteiger partial charge in [-0.1, -0.05) is 24.3 Å². The average Bonchev–Trinajstić information content (AvgIpc) is 2.60. The number of aromatic carboxylic acids is 1. The van der Waals surface area contributed by atoms with Gasteiger partial charge in [-0.25, -0.2) is 4.79 Å². The predicted molar refractivity (Wildman–Crippen MR) is 91.4 cm³/mol. The highest BCUT2D eigenvalue weighted by Crippen LogP contribution is 2.12. The Bertz CT molecular complexity index is 695. The molecule has 2 N–H and O–H groups in total. The minimum atomic E-state index is -0.944. The molecule has 0 bridgehead atoms. The number of carboxylic acids is 1. The lowest BCUT2D eigenvalue weighted by atomic mass is 10.1. The first-order valence-corrected chi connectivity index (χ1v) is 7.80. The van der Waals surface area contributed by atoms with E-state index in [2.05, 4.69) is 5.32 Å². The van der Waals surface area contributed by atoms with Gasteiger partial charge in [0.15, 0.2) is 0 Å². The summed E-state index contributed by atoms with van der Waals surface area (Å²) < 4.78 is 5.10. The molecule has 2 aromatic rings. The van der Waals surface area contributed by atoms with Crippen LogP contribution in [-0.2, 0) is 17.6 Å². The number of carbonyl (C=O) groups is 2. The van der Waals surface area contributed by atoms with Gasteiger partial charge < -0.3 is 15.2 Å². The van der Waals surface area contributed by atoms with Crippen LogP contribution in [-0.4, -0.2) is 30.6 Å². The number of aryl methyl sites for hydroxylation is 1. The molecular formula is C19H21NO4. The van der Waals surface area contributed by atoms with Gasteiger partial charge in [-0.15, -0.1) is 0 Å². The summed E-state index contributed by atoms with van der Waals surface area (Å²) in [4.78, 5) is 22.8. The first kappa shape index (κ1) is 17.5. The second kappa shape index (κ2) is 8.72. The Morgan fingerprint density at radius 2 is 1.79 bits per heavy atom. The number of amides is 1. The minimum Gasteiger partial charge on any atom is -0.497 e. The van der Waals surface area contributed by atoms with Gasteiger partial charge in [0, 0.05) is 13.0 Å². The topological polar surface area (TPSA) is 75.6 Å². The zero-order chi connectivity index (χ0) is 17.4. The van der Waals surface area contributed by atoms with Crippen LogP contribution in [0.15, 0.2) is 48.5 Å². The van der Waals surface area contributed by atoms with Crippen molar-refractivity contribution in [1.82, 2.24) is 5.32 Å². The fraction of sp³-hybridized carbons (Fsp3) is 0.263. The highest BCUT2D eigenvalue weighted by molar-refractivity contribution is 5.87. The molecule has 0 aliphatic heterocycles. The average molecular weight is 327 g/mol. The Kier molecular flexibility index (Phi) is 6.37. The summed E-state index contributed by atoms with van der Waals surface area (Å²) in [5.74, 6) is -0.160. The van der Waals surface area contributed by atoms with Gasteiger partial charge in [0.05, 0.1) is 12.7 Å².